The lowest BCUT2D eigenvalue weighted by Crippen LogP contribution is -2.48. The highest BCUT2D eigenvalue weighted by molar-refractivity contribution is 6.55. The van der Waals surface area contributed by atoms with Gasteiger partial charge in [-0.25, -0.2) is 0 Å². The van der Waals surface area contributed by atoms with Crippen LogP contribution in [-0.4, -0.2) is 5.97 Å². The van der Waals surface area contributed by atoms with Gasteiger partial charge in [0.1, 0.15) is 22.6 Å². The topological polar surface area (TPSA) is 35.5 Å². The minimum atomic E-state index is -0.218. The standard InChI is InChI=1S/C22H22Cl2O3/c1-22(2)16(13-20(23)24)12-19(22)21(25)26-14-15-7-6-10-18(11-15)27-17-8-4-3-5-9-17/h3-11,13,16,19H,12,14H2,1-2H3. The summed E-state index contributed by atoms with van der Waals surface area (Å²) in [6.45, 7) is 4.29. The molecule has 0 spiro atoms. The molecule has 1 saturated carbocycles. The molecule has 2 unspecified atom stereocenters. The minimum absolute atomic E-state index is 0.157. The van der Waals surface area contributed by atoms with Crippen molar-refractivity contribution in [3.8, 4) is 11.5 Å². The zero-order valence-electron chi connectivity index (χ0n) is 15.3. The highest BCUT2D eigenvalue weighted by Gasteiger charge is 2.51. The normalized spacial score (nSPS) is 20.3. The Balaban J connectivity index is 1.57. The van der Waals surface area contributed by atoms with Gasteiger partial charge in [0.05, 0.1) is 5.92 Å². The highest BCUT2D eigenvalue weighted by Crippen LogP contribution is 2.53. The van der Waals surface area contributed by atoms with E-state index in [2.05, 4.69) is 0 Å². The lowest BCUT2D eigenvalue weighted by molar-refractivity contribution is -0.164. The van der Waals surface area contributed by atoms with E-state index >= 15 is 0 Å². The van der Waals surface area contributed by atoms with Crippen molar-refractivity contribution in [2.24, 2.45) is 17.3 Å². The van der Waals surface area contributed by atoms with Gasteiger partial charge in [0.2, 0.25) is 0 Å². The Morgan fingerprint density at radius 2 is 1.81 bits per heavy atom. The summed E-state index contributed by atoms with van der Waals surface area (Å²) in [6.07, 6.45) is 2.50. The third-order valence-electron chi connectivity index (χ3n) is 5.21. The van der Waals surface area contributed by atoms with Crippen LogP contribution in [-0.2, 0) is 16.1 Å². The number of rotatable bonds is 6. The molecule has 1 fully saturated rings. The fraction of sp³-hybridized carbons (Fsp3) is 0.318. The van der Waals surface area contributed by atoms with E-state index in [1.54, 1.807) is 6.08 Å². The number of benzene rings is 2. The first-order valence-electron chi connectivity index (χ1n) is 8.87. The molecule has 2 atom stereocenters. The van der Waals surface area contributed by atoms with E-state index in [1.165, 1.54) is 0 Å². The molecule has 0 bridgehead atoms. The molecule has 2 aromatic rings. The van der Waals surface area contributed by atoms with Crippen LogP contribution in [0.5, 0.6) is 11.5 Å². The summed E-state index contributed by atoms with van der Waals surface area (Å²) in [5.41, 5.74) is 0.666. The first-order chi connectivity index (χ1) is 12.9. The number of hydrogen-bond donors (Lipinski definition) is 0. The molecule has 27 heavy (non-hydrogen) atoms. The minimum Gasteiger partial charge on any atom is -0.461 e. The van der Waals surface area contributed by atoms with Crippen LogP contribution in [0.1, 0.15) is 25.8 Å². The summed E-state index contributed by atoms with van der Waals surface area (Å²) < 4.78 is 11.6. The van der Waals surface area contributed by atoms with Gasteiger partial charge in [-0.05, 0) is 47.6 Å². The summed E-state index contributed by atoms with van der Waals surface area (Å²) in [4.78, 5) is 12.5. The molecular weight excluding hydrogens is 383 g/mol. The summed E-state index contributed by atoms with van der Waals surface area (Å²) in [5, 5.41) is 0. The van der Waals surface area contributed by atoms with E-state index in [9.17, 15) is 4.79 Å². The fourth-order valence-corrected chi connectivity index (χ4v) is 3.68. The fourth-order valence-electron chi connectivity index (χ4n) is 3.37. The van der Waals surface area contributed by atoms with Gasteiger partial charge < -0.3 is 9.47 Å². The Morgan fingerprint density at radius 3 is 2.48 bits per heavy atom. The second-order valence-corrected chi connectivity index (χ2v) is 8.35. The van der Waals surface area contributed by atoms with Gasteiger partial charge in [0.25, 0.3) is 0 Å². The molecule has 0 heterocycles. The van der Waals surface area contributed by atoms with Gasteiger partial charge in [-0.3, -0.25) is 4.79 Å². The molecule has 0 aliphatic heterocycles. The molecule has 0 radical (unpaired) electrons. The first-order valence-corrected chi connectivity index (χ1v) is 9.63. The Hall–Kier alpha value is -1.97. The van der Waals surface area contributed by atoms with Gasteiger partial charge in [-0.15, -0.1) is 0 Å². The molecule has 5 heteroatoms. The van der Waals surface area contributed by atoms with Crippen LogP contribution in [0, 0.1) is 17.3 Å². The van der Waals surface area contributed by atoms with Crippen molar-refractivity contribution >= 4 is 29.2 Å². The summed E-state index contributed by atoms with van der Waals surface area (Å²) >= 11 is 11.5. The average molecular weight is 405 g/mol. The highest BCUT2D eigenvalue weighted by atomic mass is 35.5. The summed E-state index contributed by atoms with van der Waals surface area (Å²) in [5.74, 6) is 1.31. The van der Waals surface area contributed by atoms with Crippen LogP contribution in [0.2, 0.25) is 0 Å². The van der Waals surface area contributed by atoms with E-state index < -0.39 is 0 Å². The van der Waals surface area contributed by atoms with Crippen LogP contribution in [0.3, 0.4) is 0 Å². The Kier molecular flexibility index (Phi) is 6.13. The maximum absolute atomic E-state index is 12.5. The molecule has 0 N–H and O–H groups in total. The molecule has 1 aliphatic carbocycles. The first kappa shape index (κ1) is 19.8. The predicted molar refractivity (Wildman–Crippen MR) is 108 cm³/mol. The zero-order valence-corrected chi connectivity index (χ0v) is 16.8. The lowest BCUT2D eigenvalue weighted by Gasteiger charge is -2.49. The van der Waals surface area contributed by atoms with Crippen molar-refractivity contribution in [3.63, 3.8) is 0 Å². The van der Waals surface area contributed by atoms with Crippen molar-refractivity contribution in [3.05, 3.63) is 70.7 Å². The third kappa shape index (κ3) is 4.85. The van der Waals surface area contributed by atoms with E-state index in [0.29, 0.717) is 12.2 Å². The van der Waals surface area contributed by atoms with Crippen LogP contribution in [0.25, 0.3) is 0 Å². The third-order valence-corrected chi connectivity index (χ3v) is 5.47. The van der Waals surface area contributed by atoms with Crippen molar-refractivity contribution in [2.75, 3.05) is 0 Å². The van der Waals surface area contributed by atoms with E-state index in [1.807, 2.05) is 68.4 Å². The van der Waals surface area contributed by atoms with E-state index in [4.69, 9.17) is 32.7 Å². The van der Waals surface area contributed by atoms with Crippen LogP contribution in [0.15, 0.2) is 65.2 Å². The molecular formula is C22H22Cl2O3. The monoisotopic (exact) mass is 404 g/mol. The Morgan fingerprint density at radius 1 is 1.11 bits per heavy atom. The van der Waals surface area contributed by atoms with Gasteiger partial charge in [-0.1, -0.05) is 73.5 Å². The zero-order chi connectivity index (χ0) is 19.4. The molecule has 0 amide bonds. The smallest absolute Gasteiger partial charge is 0.309 e. The maximum atomic E-state index is 12.5. The number of ether oxygens (including phenoxy) is 2. The Labute approximate surface area is 169 Å². The Bertz CT molecular complexity index is 826. The van der Waals surface area contributed by atoms with Crippen molar-refractivity contribution < 1.29 is 14.3 Å². The summed E-state index contributed by atoms with van der Waals surface area (Å²) in [7, 11) is 0. The average Bonchev–Trinajstić information content (AvgIpc) is 2.64. The SMILES string of the molecule is CC1(C)C(C=C(Cl)Cl)CC1C(=O)OCc1cccc(Oc2ccccc2)c1. The molecule has 0 saturated heterocycles. The maximum Gasteiger partial charge on any atom is 0.309 e. The van der Waals surface area contributed by atoms with Gasteiger partial charge in [-0.2, -0.15) is 0 Å². The lowest BCUT2D eigenvalue weighted by atomic mass is 9.55. The number of allylic oxidation sites excluding steroid dienone is 1. The number of carbonyl (C=O) groups is 1. The number of carbonyl (C=O) groups excluding carboxylic acids is 1. The number of esters is 1. The molecule has 3 rings (SSSR count). The molecule has 3 nitrogen and oxygen atoms in total. The van der Waals surface area contributed by atoms with Gasteiger partial charge in [0.15, 0.2) is 0 Å². The number of para-hydroxylation sites is 1. The van der Waals surface area contributed by atoms with Crippen LogP contribution >= 0.6 is 23.2 Å². The number of halogens is 2. The van der Waals surface area contributed by atoms with Crippen molar-refractivity contribution in [1.29, 1.82) is 0 Å². The predicted octanol–water partition coefficient (Wildman–Crippen LogP) is 6.50. The van der Waals surface area contributed by atoms with Crippen molar-refractivity contribution in [1.82, 2.24) is 0 Å². The second kappa shape index (κ2) is 8.37. The van der Waals surface area contributed by atoms with Crippen LogP contribution < -0.4 is 4.74 Å². The van der Waals surface area contributed by atoms with Gasteiger partial charge >= 0.3 is 5.97 Å². The summed E-state index contributed by atoms with van der Waals surface area (Å²) in [6, 6.07) is 17.1. The largest absolute Gasteiger partial charge is 0.461 e. The molecule has 1 aliphatic rings. The number of hydrogen-bond acceptors (Lipinski definition) is 3. The quantitative estimate of drug-likeness (QED) is 0.515. The van der Waals surface area contributed by atoms with E-state index in [0.717, 1.165) is 11.3 Å². The van der Waals surface area contributed by atoms with Crippen molar-refractivity contribution in [2.45, 2.75) is 26.9 Å². The molecule has 0 aromatic heterocycles. The van der Waals surface area contributed by atoms with Crippen LogP contribution in [0.4, 0.5) is 0 Å². The second-order valence-electron chi connectivity index (χ2n) is 7.34. The van der Waals surface area contributed by atoms with Gasteiger partial charge in [0, 0.05) is 0 Å². The van der Waals surface area contributed by atoms with E-state index in [-0.39, 0.29) is 34.3 Å². The molecule has 142 valence electrons. The molecule has 2 aromatic carbocycles.